The number of hydrogen-bond acceptors (Lipinski definition) is 2. The largest absolute Gasteiger partial charge is 0.381 e. The number of likely N-dealkylation sites (tertiary alicyclic amines) is 1. The van der Waals surface area contributed by atoms with Gasteiger partial charge in [-0.2, -0.15) is 0 Å². The second-order valence-electron chi connectivity index (χ2n) is 4.56. The fourth-order valence-electron chi connectivity index (χ4n) is 2.74. The molecule has 1 aliphatic heterocycles. The Labute approximate surface area is 91.6 Å². The predicted octanol–water partition coefficient (Wildman–Crippen LogP) is 2.26. The maximum absolute atomic E-state index is 6.12. The quantitative estimate of drug-likeness (QED) is 0.658. The molecule has 2 rings (SSSR count). The highest BCUT2D eigenvalue weighted by Gasteiger charge is 2.30. The van der Waals surface area contributed by atoms with Crippen LogP contribution < -0.4 is 0 Å². The molecule has 0 bridgehead atoms. The standard InChI is InChI=1S/C11H20ClNO/c1-14-11-4-2-3-10(7-11)13-6-5-9(12)8-13/h9-11H,2-8H2,1H3. The Bertz CT molecular complexity index is 188. The smallest absolute Gasteiger partial charge is 0.0586 e. The number of methoxy groups -OCH3 is 1. The molecule has 1 aliphatic carbocycles. The molecule has 3 unspecified atom stereocenters. The Kier molecular flexibility index (Phi) is 3.69. The molecule has 1 saturated carbocycles. The SMILES string of the molecule is COC1CCCC(N2CCC(Cl)C2)C1. The fourth-order valence-corrected chi connectivity index (χ4v) is 3.02. The lowest BCUT2D eigenvalue weighted by Crippen LogP contribution is -2.39. The molecule has 0 N–H and O–H groups in total. The van der Waals surface area contributed by atoms with E-state index in [1.807, 2.05) is 7.11 Å². The van der Waals surface area contributed by atoms with E-state index in [0.717, 1.165) is 19.0 Å². The Morgan fingerprint density at radius 3 is 2.79 bits per heavy atom. The number of ether oxygens (including phenoxy) is 1. The van der Waals surface area contributed by atoms with Crippen molar-refractivity contribution in [3.8, 4) is 0 Å². The lowest BCUT2D eigenvalue weighted by molar-refractivity contribution is 0.0342. The zero-order valence-electron chi connectivity index (χ0n) is 8.92. The van der Waals surface area contributed by atoms with Crippen LogP contribution in [-0.2, 0) is 4.74 Å². The van der Waals surface area contributed by atoms with Crippen molar-refractivity contribution in [2.24, 2.45) is 0 Å². The van der Waals surface area contributed by atoms with Gasteiger partial charge in [0.1, 0.15) is 0 Å². The van der Waals surface area contributed by atoms with E-state index in [-0.39, 0.29) is 0 Å². The molecule has 0 amide bonds. The first-order chi connectivity index (χ1) is 6.79. The highest BCUT2D eigenvalue weighted by atomic mass is 35.5. The molecule has 2 fully saturated rings. The first-order valence-electron chi connectivity index (χ1n) is 5.70. The van der Waals surface area contributed by atoms with Crippen molar-refractivity contribution >= 4 is 11.6 Å². The predicted molar refractivity (Wildman–Crippen MR) is 58.9 cm³/mol. The van der Waals surface area contributed by atoms with Crippen LogP contribution >= 0.6 is 11.6 Å². The zero-order valence-corrected chi connectivity index (χ0v) is 9.67. The van der Waals surface area contributed by atoms with E-state index in [4.69, 9.17) is 16.3 Å². The van der Waals surface area contributed by atoms with Gasteiger partial charge in [0.25, 0.3) is 0 Å². The van der Waals surface area contributed by atoms with Gasteiger partial charge < -0.3 is 4.74 Å². The molecule has 82 valence electrons. The summed E-state index contributed by atoms with van der Waals surface area (Å²) < 4.78 is 5.45. The third kappa shape index (κ3) is 2.41. The van der Waals surface area contributed by atoms with Gasteiger partial charge in [0.2, 0.25) is 0 Å². The third-order valence-electron chi connectivity index (χ3n) is 3.61. The molecule has 3 heteroatoms. The van der Waals surface area contributed by atoms with Crippen LogP contribution in [0.2, 0.25) is 0 Å². The second kappa shape index (κ2) is 4.82. The van der Waals surface area contributed by atoms with Crippen molar-refractivity contribution in [2.75, 3.05) is 20.2 Å². The van der Waals surface area contributed by atoms with E-state index < -0.39 is 0 Å². The summed E-state index contributed by atoms with van der Waals surface area (Å²) in [5.74, 6) is 0. The molecule has 0 spiro atoms. The molecule has 14 heavy (non-hydrogen) atoms. The molecule has 1 saturated heterocycles. The average molecular weight is 218 g/mol. The minimum absolute atomic E-state index is 0.387. The molecule has 3 atom stereocenters. The Morgan fingerprint density at radius 1 is 1.29 bits per heavy atom. The minimum Gasteiger partial charge on any atom is -0.381 e. The second-order valence-corrected chi connectivity index (χ2v) is 5.18. The molecular weight excluding hydrogens is 198 g/mol. The van der Waals surface area contributed by atoms with E-state index in [1.54, 1.807) is 0 Å². The number of hydrogen-bond donors (Lipinski definition) is 0. The van der Waals surface area contributed by atoms with Crippen LogP contribution in [0.1, 0.15) is 32.1 Å². The summed E-state index contributed by atoms with van der Waals surface area (Å²) in [5.41, 5.74) is 0. The zero-order chi connectivity index (χ0) is 9.97. The van der Waals surface area contributed by atoms with Crippen molar-refractivity contribution in [2.45, 2.75) is 49.6 Å². The van der Waals surface area contributed by atoms with E-state index in [1.165, 1.54) is 32.2 Å². The molecule has 1 heterocycles. The van der Waals surface area contributed by atoms with Crippen LogP contribution in [0.15, 0.2) is 0 Å². The molecule has 0 aromatic heterocycles. The van der Waals surface area contributed by atoms with E-state index in [9.17, 15) is 0 Å². The molecule has 0 aromatic carbocycles. The monoisotopic (exact) mass is 217 g/mol. The Morgan fingerprint density at radius 2 is 2.14 bits per heavy atom. The van der Waals surface area contributed by atoms with Crippen molar-refractivity contribution in [3.05, 3.63) is 0 Å². The lowest BCUT2D eigenvalue weighted by atomic mass is 9.92. The van der Waals surface area contributed by atoms with Gasteiger partial charge in [0.05, 0.1) is 6.10 Å². The van der Waals surface area contributed by atoms with Gasteiger partial charge in [0, 0.05) is 25.1 Å². The summed E-state index contributed by atoms with van der Waals surface area (Å²) in [6, 6.07) is 0.734. The minimum atomic E-state index is 0.387. The number of halogens is 1. The lowest BCUT2D eigenvalue weighted by Gasteiger charge is -2.34. The Balaban J connectivity index is 1.84. The number of rotatable bonds is 2. The van der Waals surface area contributed by atoms with E-state index in [0.29, 0.717) is 11.5 Å². The van der Waals surface area contributed by atoms with Gasteiger partial charge in [-0.1, -0.05) is 0 Å². The summed E-state index contributed by atoms with van der Waals surface area (Å²) in [5, 5.41) is 0.387. The summed E-state index contributed by atoms with van der Waals surface area (Å²) in [4.78, 5) is 2.56. The maximum Gasteiger partial charge on any atom is 0.0586 e. The fraction of sp³-hybridized carbons (Fsp3) is 1.00. The molecule has 0 radical (unpaired) electrons. The third-order valence-corrected chi connectivity index (χ3v) is 3.97. The van der Waals surface area contributed by atoms with Crippen LogP contribution in [0.25, 0.3) is 0 Å². The Hall–Kier alpha value is 0.210. The maximum atomic E-state index is 6.12. The van der Waals surface area contributed by atoms with E-state index >= 15 is 0 Å². The highest BCUT2D eigenvalue weighted by Crippen LogP contribution is 2.28. The van der Waals surface area contributed by atoms with Crippen molar-refractivity contribution < 1.29 is 4.74 Å². The van der Waals surface area contributed by atoms with Gasteiger partial charge in [-0.05, 0) is 38.6 Å². The van der Waals surface area contributed by atoms with Gasteiger partial charge in [-0.25, -0.2) is 0 Å². The van der Waals surface area contributed by atoms with Gasteiger partial charge in [-0.3, -0.25) is 4.90 Å². The van der Waals surface area contributed by atoms with E-state index in [2.05, 4.69) is 4.90 Å². The highest BCUT2D eigenvalue weighted by molar-refractivity contribution is 6.20. The number of alkyl halides is 1. The average Bonchev–Trinajstić information content (AvgIpc) is 2.65. The summed E-state index contributed by atoms with van der Waals surface area (Å²) in [6.07, 6.45) is 6.75. The van der Waals surface area contributed by atoms with Crippen LogP contribution in [0.3, 0.4) is 0 Å². The summed E-state index contributed by atoms with van der Waals surface area (Å²) in [7, 11) is 1.83. The van der Waals surface area contributed by atoms with Gasteiger partial charge in [-0.15, -0.1) is 11.6 Å². The first-order valence-corrected chi connectivity index (χ1v) is 6.14. The van der Waals surface area contributed by atoms with Crippen LogP contribution in [0, 0.1) is 0 Å². The topological polar surface area (TPSA) is 12.5 Å². The van der Waals surface area contributed by atoms with Crippen molar-refractivity contribution in [1.29, 1.82) is 0 Å². The first kappa shape index (κ1) is 10.7. The summed E-state index contributed by atoms with van der Waals surface area (Å²) >= 11 is 6.12. The van der Waals surface area contributed by atoms with Crippen molar-refractivity contribution in [3.63, 3.8) is 0 Å². The molecule has 0 aromatic rings. The summed E-state index contributed by atoms with van der Waals surface area (Å²) in [6.45, 7) is 2.28. The van der Waals surface area contributed by atoms with Gasteiger partial charge >= 0.3 is 0 Å². The van der Waals surface area contributed by atoms with Crippen LogP contribution in [-0.4, -0.2) is 42.6 Å². The van der Waals surface area contributed by atoms with Crippen molar-refractivity contribution in [1.82, 2.24) is 4.90 Å². The number of nitrogens with zero attached hydrogens (tertiary/aromatic N) is 1. The van der Waals surface area contributed by atoms with Crippen LogP contribution in [0.5, 0.6) is 0 Å². The molecule has 2 aliphatic rings. The van der Waals surface area contributed by atoms with Crippen LogP contribution in [0.4, 0.5) is 0 Å². The molecular formula is C11H20ClNO. The normalized spacial score (nSPS) is 40.3. The molecule has 2 nitrogen and oxygen atoms in total. The van der Waals surface area contributed by atoms with Gasteiger partial charge in [0.15, 0.2) is 0 Å².